The van der Waals surface area contributed by atoms with Crippen LogP contribution in [0.3, 0.4) is 0 Å². The number of likely N-dealkylation sites (tertiary alicyclic amines) is 1. The molecule has 0 unspecified atom stereocenters. The van der Waals surface area contributed by atoms with E-state index in [9.17, 15) is 14.4 Å². The van der Waals surface area contributed by atoms with Crippen molar-refractivity contribution in [2.75, 3.05) is 6.54 Å². The molecule has 1 saturated heterocycles. The number of amides is 3. The van der Waals surface area contributed by atoms with Crippen molar-refractivity contribution in [2.24, 2.45) is 0 Å². The second-order valence-electron chi connectivity index (χ2n) is 9.67. The molecule has 0 radical (unpaired) electrons. The second kappa shape index (κ2) is 11.4. The van der Waals surface area contributed by atoms with Crippen molar-refractivity contribution in [1.82, 2.24) is 15.5 Å². The SMILES string of the molecule is C[C@H](NC(=O)[C@]1(Cc2ccccc2)CCN1C(=O)OCc1ccccc1)C(=O)NC1CCCCC1. The third kappa shape index (κ3) is 6.02. The summed E-state index contributed by atoms with van der Waals surface area (Å²) in [6.07, 6.45) is 5.73. The average molecular weight is 478 g/mol. The minimum Gasteiger partial charge on any atom is -0.445 e. The van der Waals surface area contributed by atoms with Crippen LogP contribution in [-0.2, 0) is 27.4 Å². The molecule has 2 atom stereocenters. The summed E-state index contributed by atoms with van der Waals surface area (Å²) < 4.78 is 5.56. The molecule has 0 aromatic heterocycles. The molecule has 0 bridgehead atoms. The number of ether oxygens (including phenoxy) is 1. The zero-order valence-corrected chi connectivity index (χ0v) is 20.4. The Bertz CT molecular complexity index is 1010. The number of rotatable bonds is 8. The molecule has 0 spiro atoms. The van der Waals surface area contributed by atoms with Gasteiger partial charge in [0.15, 0.2) is 0 Å². The fraction of sp³-hybridized carbons (Fsp3) is 0.464. The Labute approximate surface area is 207 Å². The average Bonchev–Trinajstić information content (AvgIpc) is 2.87. The molecule has 2 aromatic carbocycles. The van der Waals surface area contributed by atoms with Gasteiger partial charge in [0, 0.05) is 19.0 Å². The van der Waals surface area contributed by atoms with Gasteiger partial charge in [-0.05, 0) is 37.3 Å². The van der Waals surface area contributed by atoms with Crippen molar-refractivity contribution in [3.05, 3.63) is 71.8 Å². The van der Waals surface area contributed by atoms with E-state index in [1.807, 2.05) is 60.7 Å². The minimum atomic E-state index is -1.09. The summed E-state index contributed by atoms with van der Waals surface area (Å²) in [7, 11) is 0. The fourth-order valence-electron chi connectivity index (χ4n) is 4.96. The smallest absolute Gasteiger partial charge is 0.411 e. The van der Waals surface area contributed by atoms with Gasteiger partial charge in [-0.1, -0.05) is 79.9 Å². The Kier molecular flexibility index (Phi) is 8.06. The van der Waals surface area contributed by atoms with E-state index in [0.29, 0.717) is 19.4 Å². The number of nitrogens with zero attached hydrogens (tertiary/aromatic N) is 1. The lowest BCUT2D eigenvalue weighted by molar-refractivity contribution is -0.143. The number of carbonyl (C=O) groups is 3. The molecule has 2 N–H and O–H groups in total. The highest BCUT2D eigenvalue weighted by molar-refractivity contribution is 5.95. The molecule has 1 aliphatic heterocycles. The maximum absolute atomic E-state index is 13.6. The van der Waals surface area contributed by atoms with Gasteiger partial charge in [0.1, 0.15) is 18.2 Å². The zero-order chi connectivity index (χ0) is 24.7. The van der Waals surface area contributed by atoms with E-state index in [0.717, 1.165) is 36.8 Å². The molecular weight excluding hydrogens is 442 g/mol. The minimum absolute atomic E-state index is 0.138. The molecule has 7 heteroatoms. The standard InChI is InChI=1S/C28H35N3O4/c1-21(25(32)30-24-15-9-4-10-16-24)29-26(33)28(19-22-11-5-2-6-12-22)17-18-31(28)27(34)35-20-23-13-7-3-8-14-23/h2-3,5-8,11-14,21,24H,4,9-10,15-20H2,1H3,(H,29,33)(H,30,32)/t21-,28+/m0/s1. The molecule has 1 heterocycles. The van der Waals surface area contributed by atoms with E-state index in [2.05, 4.69) is 10.6 Å². The van der Waals surface area contributed by atoms with Crippen LogP contribution < -0.4 is 10.6 Å². The largest absolute Gasteiger partial charge is 0.445 e. The van der Waals surface area contributed by atoms with E-state index < -0.39 is 17.7 Å². The number of hydrogen-bond donors (Lipinski definition) is 2. The highest BCUT2D eigenvalue weighted by Crippen LogP contribution is 2.35. The first-order valence-corrected chi connectivity index (χ1v) is 12.6. The van der Waals surface area contributed by atoms with Crippen molar-refractivity contribution < 1.29 is 19.1 Å². The van der Waals surface area contributed by atoms with Crippen LogP contribution in [0.4, 0.5) is 4.79 Å². The summed E-state index contributed by atoms with van der Waals surface area (Å²) in [5, 5.41) is 5.97. The molecular formula is C28H35N3O4. The van der Waals surface area contributed by atoms with Gasteiger partial charge in [0.05, 0.1) is 0 Å². The van der Waals surface area contributed by atoms with Gasteiger partial charge in [-0.25, -0.2) is 4.79 Å². The predicted molar refractivity (Wildman–Crippen MR) is 133 cm³/mol. The topological polar surface area (TPSA) is 87.7 Å². The first-order valence-electron chi connectivity index (χ1n) is 12.6. The van der Waals surface area contributed by atoms with Crippen LogP contribution in [0.2, 0.25) is 0 Å². The van der Waals surface area contributed by atoms with Crippen LogP contribution in [0, 0.1) is 0 Å². The van der Waals surface area contributed by atoms with Gasteiger partial charge in [0.2, 0.25) is 11.8 Å². The second-order valence-corrected chi connectivity index (χ2v) is 9.67. The summed E-state index contributed by atoms with van der Waals surface area (Å²) in [5.41, 5.74) is 0.740. The van der Waals surface area contributed by atoms with Gasteiger partial charge < -0.3 is 15.4 Å². The highest BCUT2D eigenvalue weighted by atomic mass is 16.6. The van der Waals surface area contributed by atoms with Crippen molar-refractivity contribution >= 4 is 17.9 Å². The maximum Gasteiger partial charge on any atom is 0.411 e. The van der Waals surface area contributed by atoms with Crippen molar-refractivity contribution in [2.45, 2.75) is 76.1 Å². The van der Waals surface area contributed by atoms with Gasteiger partial charge in [-0.2, -0.15) is 0 Å². The number of benzene rings is 2. The van der Waals surface area contributed by atoms with Crippen molar-refractivity contribution in [1.29, 1.82) is 0 Å². The van der Waals surface area contributed by atoms with E-state index >= 15 is 0 Å². The Balaban J connectivity index is 1.44. The molecule has 2 aromatic rings. The van der Waals surface area contributed by atoms with Gasteiger partial charge in [0.25, 0.3) is 0 Å². The van der Waals surface area contributed by atoms with Crippen LogP contribution in [0.15, 0.2) is 60.7 Å². The number of nitrogens with one attached hydrogen (secondary N) is 2. The van der Waals surface area contributed by atoms with E-state index in [1.165, 1.54) is 11.3 Å². The molecule has 35 heavy (non-hydrogen) atoms. The lowest BCUT2D eigenvalue weighted by atomic mass is 9.78. The molecule has 7 nitrogen and oxygen atoms in total. The molecule has 2 aliphatic rings. The van der Waals surface area contributed by atoms with Crippen LogP contribution >= 0.6 is 0 Å². The van der Waals surface area contributed by atoms with Crippen LogP contribution in [0.1, 0.15) is 56.6 Å². The third-order valence-corrected chi connectivity index (χ3v) is 7.15. The van der Waals surface area contributed by atoms with Gasteiger partial charge >= 0.3 is 6.09 Å². The molecule has 186 valence electrons. The van der Waals surface area contributed by atoms with Crippen molar-refractivity contribution in [3.63, 3.8) is 0 Å². The normalized spacial score (nSPS) is 20.9. The summed E-state index contributed by atoms with van der Waals surface area (Å²) in [6.45, 7) is 2.26. The van der Waals surface area contributed by atoms with Crippen molar-refractivity contribution in [3.8, 4) is 0 Å². The molecule has 1 aliphatic carbocycles. The quantitative estimate of drug-likeness (QED) is 0.602. The summed E-state index contributed by atoms with van der Waals surface area (Å²) >= 11 is 0. The number of carbonyl (C=O) groups excluding carboxylic acids is 3. The van der Waals surface area contributed by atoms with E-state index in [1.54, 1.807) is 6.92 Å². The molecule has 3 amide bonds. The van der Waals surface area contributed by atoms with Gasteiger partial charge in [-0.15, -0.1) is 0 Å². The first-order chi connectivity index (χ1) is 17.0. The summed E-state index contributed by atoms with van der Waals surface area (Å²) in [6, 6.07) is 18.6. The molecule has 2 fully saturated rings. The Morgan fingerprint density at radius 1 is 0.971 bits per heavy atom. The number of hydrogen-bond acceptors (Lipinski definition) is 4. The lowest BCUT2D eigenvalue weighted by Gasteiger charge is -2.50. The van der Waals surface area contributed by atoms with Crippen LogP contribution in [-0.4, -0.2) is 47.0 Å². The van der Waals surface area contributed by atoms with Crippen LogP contribution in [0.25, 0.3) is 0 Å². The molecule has 1 saturated carbocycles. The maximum atomic E-state index is 13.6. The zero-order valence-electron chi connectivity index (χ0n) is 20.4. The first kappa shape index (κ1) is 24.8. The Morgan fingerprint density at radius 3 is 2.20 bits per heavy atom. The summed E-state index contributed by atoms with van der Waals surface area (Å²) in [5.74, 6) is -0.506. The highest BCUT2D eigenvalue weighted by Gasteiger charge is 2.54. The summed E-state index contributed by atoms with van der Waals surface area (Å²) in [4.78, 5) is 40.9. The third-order valence-electron chi connectivity index (χ3n) is 7.15. The monoisotopic (exact) mass is 477 g/mol. The molecule has 4 rings (SSSR count). The van der Waals surface area contributed by atoms with Crippen LogP contribution in [0.5, 0.6) is 0 Å². The van der Waals surface area contributed by atoms with E-state index in [-0.39, 0.29) is 24.5 Å². The Hall–Kier alpha value is -3.35. The predicted octanol–water partition coefficient (Wildman–Crippen LogP) is 3.96. The van der Waals surface area contributed by atoms with E-state index in [4.69, 9.17) is 4.74 Å². The Morgan fingerprint density at radius 2 is 1.60 bits per heavy atom. The van der Waals surface area contributed by atoms with Gasteiger partial charge in [-0.3, -0.25) is 14.5 Å². The fourth-order valence-corrected chi connectivity index (χ4v) is 4.96. The lowest BCUT2D eigenvalue weighted by Crippen LogP contribution is -2.71.